The number of rotatable bonds is 2. The van der Waals surface area contributed by atoms with E-state index in [1.54, 1.807) is 0 Å². The molecule has 1 saturated heterocycles. The number of nitrogens with one attached hydrogen (secondary N) is 1. The summed E-state index contributed by atoms with van der Waals surface area (Å²) in [4.78, 5) is 10.4. The predicted octanol–water partition coefficient (Wildman–Crippen LogP) is 0.581. The molecule has 0 radical (unpaired) electrons. The van der Waals surface area contributed by atoms with Crippen LogP contribution in [-0.2, 0) is 9.53 Å². The summed E-state index contributed by atoms with van der Waals surface area (Å²) >= 11 is 0. The van der Waals surface area contributed by atoms with Gasteiger partial charge in [-0.15, -0.1) is 12.4 Å². The highest BCUT2D eigenvalue weighted by atomic mass is 35.5. The second-order valence-electron chi connectivity index (χ2n) is 2.66. The molecular weight excluding hydrogens is 166 g/mol. The van der Waals surface area contributed by atoms with Crippen LogP contribution in [0.3, 0.4) is 0 Å². The SMILES string of the molecule is CC(=O)OCC1CCNC1.Cl. The van der Waals surface area contributed by atoms with Gasteiger partial charge in [0.25, 0.3) is 0 Å². The first-order valence-corrected chi connectivity index (χ1v) is 3.63. The Morgan fingerprint density at radius 2 is 2.45 bits per heavy atom. The normalized spacial score (nSPS) is 22.5. The Bertz CT molecular complexity index is 124. The molecule has 3 nitrogen and oxygen atoms in total. The lowest BCUT2D eigenvalue weighted by atomic mass is 10.1. The first-order chi connectivity index (χ1) is 4.79. The number of carbonyl (C=O) groups is 1. The van der Waals surface area contributed by atoms with Crippen molar-refractivity contribution in [1.29, 1.82) is 0 Å². The van der Waals surface area contributed by atoms with Crippen LogP contribution in [0.5, 0.6) is 0 Å². The van der Waals surface area contributed by atoms with Gasteiger partial charge in [0.05, 0.1) is 6.61 Å². The van der Waals surface area contributed by atoms with E-state index < -0.39 is 0 Å². The van der Waals surface area contributed by atoms with E-state index in [9.17, 15) is 4.79 Å². The van der Waals surface area contributed by atoms with E-state index in [4.69, 9.17) is 4.74 Å². The fourth-order valence-electron chi connectivity index (χ4n) is 1.09. The standard InChI is InChI=1S/C7H13NO2.ClH/c1-6(9)10-5-7-2-3-8-4-7;/h7-8H,2-5H2,1H3;1H. The van der Waals surface area contributed by atoms with Crippen LogP contribution in [0.15, 0.2) is 0 Å². The third-order valence-corrected chi connectivity index (χ3v) is 1.68. The maximum atomic E-state index is 10.4. The zero-order valence-corrected chi connectivity index (χ0v) is 7.45. The molecule has 1 rings (SSSR count). The van der Waals surface area contributed by atoms with E-state index in [0.29, 0.717) is 12.5 Å². The van der Waals surface area contributed by atoms with Gasteiger partial charge in [-0.25, -0.2) is 0 Å². The summed E-state index contributed by atoms with van der Waals surface area (Å²) < 4.78 is 4.85. The minimum atomic E-state index is -0.174. The van der Waals surface area contributed by atoms with Gasteiger partial charge in [0, 0.05) is 19.4 Å². The smallest absolute Gasteiger partial charge is 0.302 e. The van der Waals surface area contributed by atoms with Gasteiger partial charge in [-0.05, 0) is 13.0 Å². The van der Waals surface area contributed by atoms with Crippen LogP contribution in [0, 0.1) is 5.92 Å². The quantitative estimate of drug-likeness (QED) is 0.631. The Balaban J connectivity index is 0.000001000. The van der Waals surface area contributed by atoms with E-state index in [2.05, 4.69) is 5.32 Å². The Morgan fingerprint density at radius 1 is 1.73 bits per heavy atom. The molecule has 0 aromatic heterocycles. The van der Waals surface area contributed by atoms with Gasteiger partial charge in [-0.2, -0.15) is 0 Å². The Kier molecular flexibility index (Phi) is 5.24. The van der Waals surface area contributed by atoms with Gasteiger partial charge in [0.15, 0.2) is 0 Å². The van der Waals surface area contributed by atoms with E-state index in [0.717, 1.165) is 19.5 Å². The molecule has 66 valence electrons. The Labute approximate surface area is 72.9 Å². The van der Waals surface area contributed by atoms with Crippen molar-refractivity contribution in [2.24, 2.45) is 5.92 Å². The first-order valence-electron chi connectivity index (χ1n) is 3.63. The van der Waals surface area contributed by atoms with Crippen molar-refractivity contribution in [2.75, 3.05) is 19.7 Å². The summed E-state index contributed by atoms with van der Waals surface area (Å²) in [5, 5.41) is 3.20. The zero-order chi connectivity index (χ0) is 7.40. The van der Waals surface area contributed by atoms with Crippen molar-refractivity contribution in [1.82, 2.24) is 5.32 Å². The molecule has 0 saturated carbocycles. The lowest BCUT2D eigenvalue weighted by molar-refractivity contribution is -0.142. The number of hydrogen-bond donors (Lipinski definition) is 1. The molecule has 0 aromatic rings. The van der Waals surface area contributed by atoms with Gasteiger partial charge in [0.2, 0.25) is 0 Å². The van der Waals surface area contributed by atoms with Gasteiger partial charge >= 0.3 is 5.97 Å². The third-order valence-electron chi connectivity index (χ3n) is 1.68. The van der Waals surface area contributed by atoms with Crippen molar-refractivity contribution in [3.63, 3.8) is 0 Å². The summed E-state index contributed by atoms with van der Waals surface area (Å²) in [6.45, 7) is 4.09. The molecule has 4 heteroatoms. The highest BCUT2D eigenvalue weighted by molar-refractivity contribution is 5.85. The maximum absolute atomic E-state index is 10.4. The fourth-order valence-corrected chi connectivity index (χ4v) is 1.09. The van der Waals surface area contributed by atoms with Crippen molar-refractivity contribution < 1.29 is 9.53 Å². The monoisotopic (exact) mass is 179 g/mol. The predicted molar refractivity (Wildman–Crippen MR) is 44.9 cm³/mol. The molecule has 1 aliphatic heterocycles. The van der Waals surface area contributed by atoms with E-state index in [1.807, 2.05) is 0 Å². The average molecular weight is 180 g/mol. The highest BCUT2D eigenvalue weighted by Gasteiger charge is 2.14. The van der Waals surface area contributed by atoms with Crippen LogP contribution in [0.1, 0.15) is 13.3 Å². The molecule has 11 heavy (non-hydrogen) atoms. The molecule has 1 unspecified atom stereocenters. The van der Waals surface area contributed by atoms with Crippen LogP contribution in [-0.4, -0.2) is 25.7 Å². The van der Waals surface area contributed by atoms with Crippen molar-refractivity contribution >= 4 is 18.4 Å². The minimum Gasteiger partial charge on any atom is -0.466 e. The maximum Gasteiger partial charge on any atom is 0.302 e. The van der Waals surface area contributed by atoms with Crippen LogP contribution < -0.4 is 5.32 Å². The molecule has 0 amide bonds. The van der Waals surface area contributed by atoms with Crippen LogP contribution in [0.4, 0.5) is 0 Å². The molecule has 1 aliphatic rings. The fraction of sp³-hybridized carbons (Fsp3) is 0.857. The minimum absolute atomic E-state index is 0. The van der Waals surface area contributed by atoms with Crippen molar-refractivity contribution in [3.05, 3.63) is 0 Å². The molecule has 1 fully saturated rings. The van der Waals surface area contributed by atoms with Gasteiger partial charge < -0.3 is 10.1 Å². The number of hydrogen-bond acceptors (Lipinski definition) is 3. The van der Waals surface area contributed by atoms with Crippen molar-refractivity contribution in [2.45, 2.75) is 13.3 Å². The lowest BCUT2D eigenvalue weighted by Crippen LogP contribution is -2.15. The Hall–Kier alpha value is -0.280. The molecular formula is C7H14ClNO2. The number of esters is 1. The molecule has 0 aliphatic carbocycles. The molecule has 1 atom stereocenters. The molecule has 0 spiro atoms. The first kappa shape index (κ1) is 10.7. The van der Waals surface area contributed by atoms with E-state index in [-0.39, 0.29) is 18.4 Å². The van der Waals surface area contributed by atoms with Crippen LogP contribution in [0.25, 0.3) is 0 Å². The molecule has 0 aromatic carbocycles. The molecule has 0 bridgehead atoms. The summed E-state index contributed by atoms with van der Waals surface area (Å²) in [6.07, 6.45) is 1.13. The Morgan fingerprint density at radius 3 is 2.91 bits per heavy atom. The highest BCUT2D eigenvalue weighted by Crippen LogP contribution is 2.06. The van der Waals surface area contributed by atoms with E-state index in [1.165, 1.54) is 6.92 Å². The largest absolute Gasteiger partial charge is 0.466 e. The second kappa shape index (κ2) is 5.38. The van der Waals surface area contributed by atoms with Gasteiger partial charge in [-0.1, -0.05) is 0 Å². The second-order valence-corrected chi connectivity index (χ2v) is 2.66. The summed E-state index contributed by atoms with van der Waals surface area (Å²) in [5.41, 5.74) is 0. The number of carbonyl (C=O) groups excluding carboxylic acids is 1. The molecule has 1 N–H and O–H groups in total. The third kappa shape index (κ3) is 4.22. The van der Waals surface area contributed by atoms with Crippen LogP contribution in [0.2, 0.25) is 0 Å². The number of ether oxygens (including phenoxy) is 1. The van der Waals surface area contributed by atoms with Crippen LogP contribution >= 0.6 is 12.4 Å². The summed E-state index contributed by atoms with van der Waals surface area (Å²) in [5.74, 6) is 0.371. The average Bonchev–Trinajstić information content (AvgIpc) is 2.34. The van der Waals surface area contributed by atoms with Gasteiger partial charge in [-0.3, -0.25) is 4.79 Å². The number of halogens is 1. The van der Waals surface area contributed by atoms with E-state index >= 15 is 0 Å². The van der Waals surface area contributed by atoms with Gasteiger partial charge in [0.1, 0.15) is 0 Å². The lowest BCUT2D eigenvalue weighted by Gasteiger charge is -2.06. The topological polar surface area (TPSA) is 38.3 Å². The summed E-state index contributed by atoms with van der Waals surface area (Å²) in [6, 6.07) is 0. The zero-order valence-electron chi connectivity index (χ0n) is 6.63. The summed E-state index contributed by atoms with van der Waals surface area (Å²) in [7, 11) is 0. The molecule has 1 heterocycles. The van der Waals surface area contributed by atoms with Crippen molar-refractivity contribution in [3.8, 4) is 0 Å².